The van der Waals surface area contributed by atoms with Crippen LogP contribution in [0.15, 0.2) is 47.5 Å². The molecule has 0 saturated carbocycles. The first-order chi connectivity index (χ1) is 13.0. The quantitative estimate of drug-likeness (QED) is 0.548. The fourth-order valence-corrected chi connectivity index (χ4v) is 2.36. The lowest BCUT2D eigenvalue weighted by Crippen LogP contribution is -2.40. The van der Waals surface area contributed by atoms with Crippen LogP contribution < -0.4 is 14.8 Å². The Labute approximate surface area is 159 Å². The summed E-state index contributed by atoms with van der Waals surface area (Å²) in [7, 11) is 3.54. The molecule has 7 heteroatoms. The van der Waals surface area contributed by atoms with Crippen LogP contribution in [0.5, 0.6) is 17.2 Å². The van der Waals surface area contributed by atoms with Crippen LogP contribution in [0, 0.1) is 5.82 Å². The summed E-state index contributed by atoms with van der Waals surface area (Å²) in [5.74, 6) is 1.25. The zero-order chi connectivity index (χ0) is 19.6. The molecule has 2 rings (SSSR count). The highest BCUT2D eigenvalue weighted by Crippen LogP contribution is 2.17. The molecule has 2 aromatic carbocycles. The third-order valence-corrected chi connectivity index (χ3v) is 3.87. The molecule has 0 amide bonds. The lowest BCUT2D eigenvalue weighted by Gasteiger charge is -2.22. The highest BCUT2D eigenvalue weighted by molar-refractivity contribution is 5.79. The minimum absolute atomic E-state index is 0.309. The molecule has 0 aliphatic heterocycles. The van der Waals surface area contributed by atoms with Crippen LogP contribution in [0.25, 0.3) is 0 Å². The molecule has 0 aromatic heterocycles. The number of phenolic OH excluding ortho intramolecular Hbond substituents is 1. The molecule has 0 aliphatic carbocycles. The Morgan fingerprint density at radius 3 is 2.52 bits per heavy atom. The van der Waals surface area contributed by atoms with Gasteiger partial charge in [-0.3, -0.25) is 0 Å². The number of halogens is 1. The molecule has 0 saturated heterocycles. The summed E-state index contributed by atoms with van der Waals surface area (Å²) in [5, 5.41) is 12.5. The molecule has 27 heavy (non-hydrogen) atoms. The van der Waals surface area contributed by atoms with Gasteiger partial charge in [-0.25, -0.2) is 9.38 Å². The van der Waals surface area contributed by atoms with Crippen LogP contribution >= 0.6 is 0 Å². The third-order valence-electron chi connectivity index (χ3n) is 3.87. The lowest BCUT2D eigenvalue weighted by atomic mass is 10.2. The SMILES string of the molecule is CCNC(=NCc1ccc(O)c(F)c1)N(C)CCOc1ccc(OC)cc1. The Kier molecular flexibility index (Phi) is 7.73. The summed E-state index contributed by atoms with van der Waals surface area (Å²) in [6, 6.07) is 11.7. The summed E-state index contributed by atoms with van der Waals surface area (Å²) in [6.45, 7) is 4.12. The lowest BCUT2D eigenvalue weighted by molar-refractivity contribution is 0.281. The number of hydrogen-bond donors (Lipinski definition) is 2. The highest BCUT2D eigenvalue weighted by atomic mass is 19.1. The van der Waals surface area contributed by atoms with Crippen molar-refractivity contribution in [3.05, 3.63) is 53.8 Å². The summed E-state index contributed by atoms with van der Waals surface area (Å²) in [4.78, 5) is 6.46. The van der Waals surface area contributed by atoms with Gasteiger partial charge in [-0.2, -0.15) is 0 Å². The number of nitrogens with zero attached hydrogens (tertiary/aromatic N) is 2. The number of aliphatic imine (C=N–C) groups is 1. The number of ether oxygens (including phenoxy) is 2. The van der Waals surface area contributed by atoms with Crippen LogP contribution in [-0.2, 0) is 6.54 Å². The van der Waals surface area contributed by atoms with E-state index in [4.69, 9.17) is 9.47 Å². The van der Waals surface area contributed by atoms with Crippen molar-refractivity contribution in [3.8, 4) is 17.2 Å². The molecule has 0 radical (unpaired) electrons. The maximum absolute atomic E-state index is 13.4. The average Bonchev–Trinajstić information content (AvgIpc) is 2.68. The number of likely N-dealkylation sites (N-methyl/N-ethyl adjacent to an activating group) is 1. The number of aromatic hydroxyl groups is 1. The molecular formula is C20H26FN3O3. The van der Waals surface area contributed by atoms with Crippen molar-refractivity contribution in [2.45, 2.75) is 13.5 Å². The molecule has 0 aliphatic rings. The van der Waals surface area contributed by atoms with E-state index in [0.29, 0.717) is 37.8 Å². The Morgan fingerprint density at radius 2 is 1.89 bits per heavy atom. The predicted octanol–water partition coefficient (Wildman–Crippen LogP) is 3.02. The summed E-state index contributed by atoms with van der Waals surface area (Å²) < 4.78 is 24.3. The zero-order valence-electron chi connectivity index (χ0n) is 15.9. The third kappa shape index (κ3) is 6.36. The molecule has 0 spiro atoms. The predicted molar refractivity (Wildman–Crippen MR) is 104 cm³/mol. The monoisotopic (exact) mass is 375 g/mol. The number of guanidine groups is 1. The van der Waals surface area contributed by atoms with Gasteiger partial charge in [-0.05, 0) is 48.9 Å². The fourth-order valence-electron chi connectivity index (χ4n) is 2.36. The van der Waals surface area contributed by atoms with Gasteiger partial charge in [0.05, 0.1) is 20.2 Å². The molecule has 6 nitrogen and oxygen atoms in total. The summed E-state index contributed by atoms with van der Waals surface area (Å²) in [6.07, 6.45) is 0. The van der Waals surface area contributed by atoms with Crippen molar-refractivity contribution in [2.24, 2.45) is 4.99 Å². The van der Waals surface area contributed by atoms with E-state index in [2.05, 4.69) is 10.3 Å². The maximum Gasteiger partial charge on any atom is 0.194 e. The Morgan fingerprint density at radius 1 is 1.19 bits per heavy atom. The summed E-state index contributed by atoms with van der Waals surface area (Å²) >= 11 is 0. The van der Waals surface area contributed by atoms with Gasteiger partial charge in [0.15, 0.2) is 17.5 Å². The second-order valence-corrected chi connectivity index (χ2v) is 5.90. The molecule has 2 N–H and O–H groups in total. The van der Waals surface area contributed by atoms with Crippen LogP contribution in [0.2, 0.25) is 0 Å². The van der Waals surface area contributed by atoms with Crippen LogP contribution in [0.1, 0.15) is 12.5 Å². The number of rotatable bonds is 8. The summed E-state index contributed by atoms with van der Waals surface area (Å²) in [5.41, 5.74) is 0.684. The Bertz CT molecular complexity index is 751. The second kappa shape index (κ2) is 10.3. The van der Waals surface area contributed by atoms with Gasteiger partial charge in [0.2, 0.25) is 0 Å². The second-order valence-electron chi connectivity index (χ2n) is 5.90. The van der Waals surface area contributed by atoms with E-state index in [9.17, 15) is 9.50 Å². The molecule has 0 fully saturated rings. The molecule has 0 atom stereocenters. The van der Waals surface area contributed by atoms with Crippen molar-refractivity contribution in [1.29, 1.82) is 0 Å². The first kappa shape index (κ1) is 20.4. The van der Waals surface area contributed by atoms with Crippen LogP contribution in [0.3, 0.4) is 0 Å². The normalized spacial score (nSPS) is 11.2. The van der Waals surface area contributed by atoms with E-state index in [1.165, 1.54) is 12.1 Å². The van der Waals surface area contributed by atoms with Crippen molar-refractivity contribution in [2.75, 3.05) is 33.9 Å². The van der Waals surface area contributed by atoms with Gasteiger partial charge < -0.3 is 24.8 Å². The van der Waals surface area contributed by atoms with Gasteiger partial charge in [-0.1, -0.05) is 6.07 Å². The molecule has 0 heterocycles. The largest absolute Gasteiger partial charge is 0.505 e. The molecular weight excluding hydrogens is 349 g/mol. The van der Waals surface area contributed by atoms with E-state index in [1.54, 1.807) is 13.2 Å². The van der Waals surface area contributed by atoms with Crippen LogP contribution in [-0.4, -0.2) is 49.8 Å². The van der Waals surface area contributed by atoms with Crippen LogP contribution in [0.4, 0.5) is 4.39 Å². The molecule has 146 valence electrons. The number of nitrogens with one attached hydrogen (secondary N) is 1. The number of hydrogen-bond acceptors (Lipinski definition) is 4. The number of methoxy groups -OCH3 is 1. The minimum atomic E-state index is -0.644. The molecule has 0 unspecified atom stereocenters. The number of benzene rings is 2. The van der Waals surface area contributed by atoms with E-state index < -0.39 is 5.82 Å². The van der Waals surface area contributed by atoms with Crippen molar-refractivity contribution in [3.63, 3.8) is 0 Å². The average molecular weight is 375 g/mol. The van der Waals surface area contributed by atoms with Gasteiger partial charge in [-0.15, -0.1) is 0 Å². The Hall–Kier alpha value is -2.96. The van der Waals surface area contributed by atoms with Gasteiger partial charge >= 0.3 is 0 Å². The van der Waals surface area contributed by atoms with Crippen molar-refractivity contribution < 1.29 is 19.0 Å². The minimum Gasteiger partial charge on any atom is -0.505 e. The first-order valence-electron chi connectivity index (χ1n) is 8.77. The maximum atomic E-state index is 13.4. The van der Waals surface area contributed by atoms with E-state index >= 15 is 0 Å². The first-order valence-corrected chi connectivity index (χ1v) is 8.77. The van der Waals surface area contributed by atoms with Gasteiger partial charge in [0, 0.05) is 13.6 Å². The van der Waals surface area contributed by atoms with Gasteiger partial charge in [0.1, 0.15) is 18.1 Å². The molecule has 2 aromatic rings. The van der Waals surface area contributed by atoms with E-state index in [-0.39, 0.29) is 5.75 Å². The smallest absolute Gasteiger partial charge is 0.194 e. The standard InChI is InChI=1S/C20H26FN3O3/c1-4-22-20(23-14-15-5-10-19(25)18(21)13-15)24(2)11-12-27-17-8-6-16(26-3)7-9-17/h5-10,13,25H,4,11-12,14H2,1-3H3,(H,22,23). The van der Waals surface area contributed by atoms with E-state index in [1.807, 2.05) is 43.1 Å². The van der Waals surface area contributed by atoms with Gasteiger partial charge in [0.25, 0.3) is 0 Å². The topological polar surface area (TPSA) is 66.3 Å². The number of phenols is 1. The highest BCUT2D eigenvalue weighted by Gasteiger charge is 2.07. The fraction of sp³-hybridized carbons (Fsp3) is 0.350. The molecule has 0 bridgehead atoms. The Balaban J connectivity index is 1.90. The zero-order valence-corrected chi connectivity index (χ0v) is 15.9. The van der Waals surface area contributed by atoms with Crippen molar-refractivity contribution in [1.82, 2.24) is 10.2 Å². The van der Waals surface area contributed by atoms with Crippen molar-refractivity contribution >= 4 is 5.96 Å². The van der Waals surface area contributed by atoms with E-state index in [0.717, 1.165) is 11.5 Å².